The molecule has 1 saturated carbocycles. The molecule has 1 aromatic rings. The van der Waals surface area contributed by atoms with Gasteiger partial charge in [-0.3, -0.25) is 4.98 Å². The second-order valence-electron chi connectivity index (χ2n) is 4.91. The van der Waals surface area contributed by atoms with E-state index >= 15 is 0 Å². The molecular formula is C11H16N2. The zero-order valence-corrected chi connectivity index (χ0v) is 8.25. The molecule has 0 aliphatic heterocycles. The van der Waals surface area contributed by atoms with Gasteiger partial charge in [0.2, 0.25) is 0 Å². The van der Waals surface area contributed by atoms with Crippen LogP contribution >= 0.6 is 0 Å². The van der Waals surface area contributed by atoms with E-state index in [0.29, 0.717) is 5.41 Å². The molecule has 0 aromatic carbocycles. The highest BCUT2D eigenvalue weighted by Gasteiger charge is 2.47. The molecule has 0 saturated heterocycles. The van der Waals surface area contributed by atoms with Gasteiger partial charge in [0.1, 0.15) is 0 Å². The predicted molar refractivity (Wildman–Crippen MR) is 53.1 cm³/mol. The van der Waals surface area contributed by atoms with Crippen LogP contribution in [0.4, 0.5) is 0 Å². The van der Waals surface area contributed by atoms with Gasteiger partial charge in [-0.25, -0.2) is 0 Å². The number of nitrogens with zero attached hydrogens (tertiary/aromatic N) is 1. The van der Waals surface area contributed by atoms with Gasteiger partial charge in [0.25, 0.3) is 0 Å². The minimum Gasteiger partial charge on any atom is -0.321 e. The van der Waals surface area contributed by atoms with Crippen LogP contribution in [0.5, 0.6) is 0 Å². The minimum absolute atomic E-state index is 0.0908. The van der Waals surface area contributed by atoms with E-state index in [-0.39, 0.29) is 5.54 Å². The van der Waals surface area contributed by atoms with Crippen LogP contribution in [0.15, 0.2) is 24.5 Å². The Kier molecular flexibility index (Phi) is 1.70. The Morgan fingerprint density at radius 1 is 1.23 bits per heavy atom. The molecule has 70 valence electrons. The summed E-state index contributed by atoms with van der Waals surface area (Å²) in [4.78, 5) is 4.00. The van der Waals surface area contributed by atoms with Crippen LogP contribution in [-0.4, -0.2) is 4.98 Å². The molecule has 0 atom stereocenters. The van der Waals surface area contributed by atoms with Gasteiger partial charge < -0.3 is 5.73 Å². The third-order valence-corrected chi connectivity index (χ3v) is 2.84. The van der Waals surface area contributed by atoms with Crippen LogP contribution < -0.4 is 5.73 Å². The van der Waals surface area contributed by atoms with E-state index in [0.717, 1.165) is 12.8 Å². The Labute approximate surface area is 79.2 Å². The van der Waals surface area contributed by atoms with E-state index in [1.807, 2.05) is 24.5 Å². The standard InChI is InChI=1S/C11H16N2/c1-10(2)7-11(12,8-10)9-3-5-13-6-4-9/h3-6H,7-8,12H2,1-2H3. The van der Waals surface area contributed by atoms with Gasteiger partial charge in [0.15, 0.2) is 0 Å². The summed E-state index contributed by atoms with van der Waals surface area (Å²) in [6.45, 7) is 4.53. The first-order valence-electron chi connectivity index (χ1n) is 4.71. The molecule has 2 heteroatoms. The topological polar surface area (TPSA) is 38.9 Å². The SMILES string of the molecule is CC1(C)CC(N)(c2ccncc2)C1. The lowest BCUT2D eigenvalue weighted by atomic mass is 9.57. The van der Waals surface area contributed by atoms with E-state index in [4.69, 9.17) is 5.73 Å². The second kappa shape index (κ2) is 2.55. The number of pyridine rings is 1. The Balaban J connectivity index is 2.21. The Hall–Kier alpha value is -0.890. The monoisotopic (exact) mass is 176 g/mol. The van der Waals surface area contributed by atoms with Crippen molar-refractivity contribution in [2.24, 2.45) is 11.1 Å². The first kappa shape index (κ1) is 8.70. The van der Waals surface area contributed by atoms with Crippen LogP contribution in [0.2, 0.25) is 0 Å². The fraction of sp³-hybridized carbons (Fsp3) is 0.545. The number of aromatic nitrogens is 1. The Bertz CT molecular complexity index is 295. The molecule has 1 aromatic heterocycles. The van der Waals surface area contributed by atoms with E-state index in [1.165, 1.54) is 5.56 Å². The van der Waals surface area contributed by atoms with Crippen molar-refractivity contribution in [1.29, 1.82) is 0 Å². The molecule has 0 bridgehead atoms. The van der Waals surface area contributed by atoms with Gasteiger partial charge in [0.05, 0.1) is 0 Å². The molecule has 0 radical (unpaired) electrons. The lowest BCUT2D eigenvalue weighted by Crippen LogP contribution is -2.53. The second-order valence-corrected chi connectivity index (χ2v) is 4.91. The van der Waals surface area contributed by atoms with E-state index in [1.54, 1.807) is 0 Å². The first-order valence-corrected chi connectivity index (χ1v) is 4.71. The van der Waals surface area contributed by atoms with Crippen molar-refractivity contribution in [2.75, 3.05) is 0 Å². The van der Waals surface area contributed by atoms with Gasteiger partial charge in [0, 0.05) is 17.9 Å². The number of nitrogens with two attached hydrogens (primary N) is 1. The Morgan fingerprint density at radius 2 is 1.77 bits per heavy atom. The molecule has 0 unspecified atom stereocenters. The summed E-state index contributed by atoms with van der Waals surface area (Å²) < 4.78 is 0. The summed E-state index contributed by atoms with van der Waals surface area (Å²) >= 11 is 0. The molecule has 2 rings (SSSR count). The van der Waals surface area contributed by atoms with Gasteiger partial charge in [-0.15, -0.1) is 0 Å². The molecule has 13 heavy (non-hydrogen) atoms. The van der Waals surface area contributed by atoms with Crippen molar-refractivity contribution < 1.29 is 0 Å². The molecule has 0 amide bonds. The molecule has 2 nitrogen and oxygen atoms in total. The smallest absolute Gasteiger partial charge is 0.0421 e. The summed E-state index contributed by atoms with van der Waals surface area (Å²) in [6.07, 6.45) is 5.78. The van der Waals surface area contributed by atoms with E-state index in [2.05, 4.69) is 18.8 Å². The normalized spacial score (nSPS) is 23.6. The highest BCUT2D eigenvalue weighted by molar-refractivity contribution is 5.26. The fourth-order valence-electron chi connectivity index (χ4n) is 2.54. The maximum Gasteiger partial charge on any atom is 0.0421 e. The zero-order chi connectivity index (χ0) is 9.53. The van der Waals surface area contributed by atoms with Crippen molar-refractivity contribution in [3.05, 3.63) is 30.1 Å². The van der Waals surface area contributed by atoms with Gasteiger partial charge >= 0.3 is 0 Å². The molecule has 1 fully saturated rings. The van der Waals surface area contributed by atoms with Crippen molar-refractivity contribution in [2.45, 2.75) is 32.2 Å². The molecule has 1 aliphatic rings. The summed E-state index contributed by atoms with van der Waals surface area (Å²) in [7, 11) is 0. The van der Waals surface area contributed by atoms with Crippen molar-refractivity contribution in [1.82, 2.24) is 4.98 Å². The molecule has 1 aliphatic carbocycles. The van der Waals surface area contributed by atoms with Crippen LogP contribution in [0.3, 0.4) is 0 Å². The van der Waals surface area contributed by atoms with Crippen molar-refractivity contribution >= 4 is 0 Å². The van der Waals surface area contributed by atoms with Crippen LogP contribution in [0.1, 0.15) is 32.3 Å². The van der Waals surface area contributed by atoms with Gasteiger partial charge in [-0.05, 0) is 36.0 Å². The summed E-state index contributed by atoms with van der Waals surface area (Å²) in [5, 5.41) is 0. The lowest BCUT2D eigenvalue weighted by Gasteiger charge is -2.51. The fourth-order valence-corrected chi connectivity index (χ4v) is 2.54. The van der Waals surface area contributed by atoms with Crippen molar-refractivity contribution in [3.8, 4) is 0 Å². The average molecular weight is 176 g/mol. The maximum atomic E-state index is 6.27. The average Bonchev–Trinajstić information content (AvgIpc) is 2.02. The van der Waals surface area contributed by atoms with Gasteiger partial charge in [-0.1, -0.05) is 13.8 Å². The van der Waals surface area contributed by atoms with Crippen LogP contribution in [0.25, 0.3) is 0 Å². The number of hydrogen-bond acceptors (Lipinski definition) is 2. The molecule has 1 heterocycles. The van der Waals surface area contributed by atoms with E-state index < -0.39 is 0 Å². The third kappa shape index (κ3) is 1.46. The predicted octanol–water partition coefficient (Wildman–Crippen LogP) is 2.06. The highest BCUT2D eigenvalue weighted by atomic mass is 14.8. The third-order valence-electron chi connectivity index (χ3n) is 2.84. The van der Waals surface area contributed by atoms with Crippen LogP contribution in [0, 0.1) is 5.41 Å². The molecule has 0 spiro atoms. The van der Waals surface area contributed by atoms with Crippen molar-refractivity contribution in [3.63, 3.8) is 0 Å². The molecular weight excluding hydrogens is 160 g/mol. The molecule has 2 N–H and O–H groups in total. The maximum absolute atomic E-state index is 6.27. The first-order chi connectivity index (χ1) is 6.02. The minimum atomic E-state index is -0.0908. The number of rotatable bonds is 1. The zero-order valence-electron chi connectivity index (χ0n) is 8.25. The number of hydrogen-bond donors (Lipinski definition) is 1. The van der Waals surface area contributed by atoms with Gasteiger partial charge in [-0.2, -0.15) is 0 Å². The quantitative estimate of drug-likeness (QED) is 0.711. The highest BCUT2D eigenvalue weighted by Crippen LogP contribution is 2.51. The lowest BCUT2D eigenvalue weighted by molar-refractivity contribution is 0.0618. The summed E-state index contributed by atoms with van der Waals surface area (Å²) in [5.41, 5.74) is 7.82. The largest absolute Gasteiger partial charge is 0.321 e. The Morgan fingerprint density at radius 3 is 2.23 bits per heavy atom. The summed E-state index contributed by atoms with van der Waals surface area (Å²) in [6, 6.07) is 4.05. The summed E-state index contributed by atoms with van der Waals surface area (Å²) in [5.74, 6) is 0. The van der Waals surface area contributed by atoms with E-state index in [9.17, 15) is 0 Å². The van der Waals surface area contributed by atoms with Crippen LogP contribution in [-0.2, 0) is 5.54 Å².